The number of rotatable bonds is 44. The highest BCUT2D eigenvalue weighted by Gasteiger charge is 2.22. The molecule has 0 spiro atoms. The van der Waals surface area contributed by atoms with Crippen molar-refractivity contribution in [2.45, 2.75) is 270 Å². The summed E-state index contributed by atoms with van der Waals surface area (Å²) >= 11 is 0. The van der Waals surface area contributed by atoms with Crippen molar-refractivity contribution in [1.29, 1.82) is 0 Å². The molecule has 0 heterocycles. The number of aliphatic hydroxyl groups is 3. The summed E-state index contributed by atoms with van der Waals surface area (Å²) in [5, 5.41) is 33.1. The summed E-state index contributed by atoms with van der Waals surface area (Å²) < 4.78 is 0. The number of nitrogens with one attached hydrogen (secondary N) is 1. The molecule has 0 saturated heterocycles. The van der Waals surface area contributed by atoms with E-state index in [4.69, 9.17) is 0 Å². The number of hydrogen-bond donors (Lipinski definition) is 4. The number of aliphatic hydroxyl groups excluding tert-OH is 3. The van der Waals surface area contributed by atoms with Gasteiger partial charge in [-0.3, -0.25) is 4.79 Å². The van der Waals surface area contributed by atoms with Crippen molar-refractivity contribution in [3.8, 4) is 0 Å². The lowest BCUT2D eigenvalue weighted by Crippen LogP contribution is -2.48. The van der Waals surface area contributed by atoms with Crippen LogP contribution in [-0.4, -0.2) is 46.1 Å². The molecule has 1 amide bonds. The quantitative estimate of drug-likeness (QED) is 0.0367. The van der Waals surface area contributed by atoms with Gasteiger partial charge >= 0.3 is 0 Å². The van der Waals surface area contributed by atoms with E-state index in [1.54, 1.807) is 6.08 Å². The van der Waals surface area contributed by atoms with Crippen LogP contribution in [-0.2, 0) is 4.79 Å². The Balaban J connectivity index is 3.55. The number of carbonyl (C=O) groups excluding carboxylic acids is 1. The lowest BCUT2D eigenvalue weighted by atomic mass is 10.0. The van der Waals surface area contributed by atoms with Crippen LogP contribution in [0.2, 0.25) is 0 Å². The van der Waals surface area contributed by atoms with E-state index >= 15 is 0 Å². The van der Waals surface area contributed by atoms with Crippen LogP contribution < -0.4 is 5.32 Å². The van der Waals surface area contributed by atoms with Gasteiger partial charge in [0.1, 0.15) is 6.10 Å². The van der Waals surface area contributed by atoms with Crippen molar-refractivity contribution in [2.24, 2.45) is 0 Å². The maximum absolute atomic E-state index is 12.5. The van der Waals surface area contributed by atoms with Crippen molar-refractivity contribution in [3.05, 3.63) is 36.5 Å². The molecule has 0 fully saturated rings. The molecule has 0 saturated carbocycles. The highest BCUT2D eigenvalue weighted by molar-refractivity contribution is 5.80. The standard InChI is InChI=1S/C50H95NO4/c1-3-5-7-9-11-13-15-16-17-18-19-20-21-22-23-24-25-26-27-28-29-30-31-32-33-35-37-39-41-43-45-49(54)50(55)51-47(46-52)48(53)44-42-40-38-36-34-14-12-10-8-6-4-2/h19-20,22-23,42,44,47-49,52-54H,3-18,21,24-41,43,45-46H2,1-2H3,(H,51,55)/b20-19-,23-22-,44-42+. The van der Waals surface area contributed by atoms with E-state index in [0.717, 1.165) is 38.5 Å². The average molecular weight is 774 g/mol. The number of amides is 1. The molecule has 3 unspecified atom stereocenters. The lowest BCUT2D eigenvalue weighted by molar-refractivity contribution is -0.131. The van der Waals surface area contributed by atoms with Gasteiger partial charge in [-0.2, -0.15) is 0 Å². The number of unbranched alkanes of at least 4 members (excludes halogenated alkanes) is 32. The molecule has 0 aromatic carbocycles. The molecule has 55 heavy (non-hydrogen) atoms. The van der Waals surface area contributed by atoms with Crippen LogP contribution in [0.4, 0.5) is 0 Å². The second kappa shape index (κ2) is 45.3. The molecule has 324 valence electrons. The van der Waals surface area contributed by atoms with Crippen LogP contribution in [0.25, 0.3) is 0 Å². The predicted molar refractivity (Wildman–Crippen MR) is 241 cm³/mol. The van der Waals surface area contributed by atoms with Gasteiger partial charge in [0, 0.05) is 0 Å². The van der Waals surface area contributed by atoms with Gasteiger partial charge in [0.25, 0.3) is 0 Å². The van der Waals surface area contributed by atoms with Crippen LogP contribution in [0.1, 0.15) is 251 Å². The average Bonchev–Trinajstić information content (AvgIpc) is 3.19. The Morgan fingerprint density at radius 1 is 0.455 bits per heavy atom. The predicted octanol–water partition coefficient (Wildman–Crippen LogP) is 14.3. The van der Waals surface area contributed by atoms with Gasteiger partial charge in [-0.25, -0.2) is 0 Å². The van der Waals surface area contributed by atoms with E-state index in [0.29, 0.717) is 6.42 Å². The molecule has 0 aromatic rings. The molecule has 5 nitrogen and oxygen atoms in total. The fourth-order valence-electron chi connectivity index (χ4n) is 7.39. The molecule has 5 heteroatoms. The van der Waals surface area contributed by atoms with Gasteiger partial charge < -0.3 is 20.6 Å². The van der Waals surface area contributed by atoms with Crippen molar-refractivity contribution < 1.29 is 20.1 Å². The Kier molecular flexibility index (Phi) is 44.1. The second-order valence-corrected chi connectivity index (χ2v) is 16.7. The van der Waals surface area contributed by atoms with Crippen molar-refractivity contribution in [3.63, 3.8) is 0 Å². The maximum atomic E-state index is 12.5. The molecule has 0 aliphatic carbocycles. The molecule has 0 aliphatic rings. The molecular weight excluding hydrogens is 679 g/mol. The van der Waals surface area contributed by atoms with Gasteiger partial charge in [0.15, 0.2) is 0 Å². The molecule has 3 atom stereocenters. The number of hydrogen-bond acceptors (Lipinski definition) is 4. The summed E-state index contributed by atoms with van der Waals surface area (Å²) in [7, 11) is 0. The van der Waals surface area contributed by atoms with E-state index in [1.165, 1.54) is 193 Å². The highest BCUT2D eigenvalue weighted by atomic mass is 16.3. The largest absolute Gasteiger partial charge is 0.394 e. The zero-order chi connectivity index (χ0) is 40.1. The van der Waals surface area contributed by atoms with Crippen LogP contribution in [0.3, 0.4) is 0 Å². The summed E-state index contributed by atoms with van der Waals surface area (Å²) in [6.07, 6.45) is 57.7. The van der Waals surface area contributed by atoms with Crippen LogP contribution >= 0.6 is 0 Å². The Labute approximate surface area is 343 Å². The molecule has 0 aliphatic heterocycles. The van der Waals surface area contributed by atoms with E-state index in [9.17, 15) is 20.1 Å². The van der Waals surface area contributed by atoms with Gasteiger partial charge in [0.05, 0.1) is 18.8 Å². The minimum absolute atomic E-state index is 0.363. The first kappa shape index (κ1) is 53.6. The topological polar surface area (TPSA) is 89.8 Å². The van der Waals surface area contributed by atoms with Crippen LogP contribution in [0.5, 0.6) is 0 Å². The maximum Gasteiger partial charge on any atom is 0.249 e. The minimum Gasteiger partial charge on any atom is -0.394 e. The summed E-state index contributed by atoms with van der Waals surface area (Å²) in [4.78, 5) is 12.5. The minimum atomic E-state index is -1.10. The van der Waals surface area contributed by atoms with Gasteiger partial charge in [0.2, 0.25) is 5.91 Å². The summed E-state index contributed by atoms with van der Waals surface area (Å²) in [6, 6.07) is -0.796. The zero-order valence-electron chi connectivity index (χ0n) is 36.8. The van der Waals surface area contributed by atoms with Crippen molar-refractivity contribution >= 4 is 5.91 Å². The van der Waals surface area contributed by atoms with E-state index < -0.39 is 24.2 Å². The van der Waals surface area contributed by atoms with Gasteiger partial charge in [-0.15, -0.1) is 0 Å². The third-order valence-corrected chi connectivity index (χ3v) is 11.2. The second-order valence-electron chi connectivity index (χ2n) is 16.7. The third-order valence-electron chi connectivity index (χ3n) is 11.2. The Morgan fingerprint density at radius 2 is 0.782 bits per heavy atom. The monoisotopic (exact) mass is 774 g/mol. The first-order valence-electron chi connectivity index (χ1n) is 24.3. The zero-order valence-corrected chi connectivity index (χ0v) is 36.8. The number of carbonyl (C=O) groups is 1. The van der Waals surface area contributed by atoms with Crippen molar-refractivity contribution in [2.75, 3.05) is 6.61 Å². The summed E-state index contributed by atoms with van der Waals surface area (Å²) in [5.41, 5.74) is 0. The fourth-order valence-corrected chi connectivity index (χ4v) is 7.39. The smallest absolute Gasteiger partial charge is 0.249 e. The van der Waals surface area contributed by atoms with Crippen molar-refractivity contribution in [1.82, 2.24) is 5.32 Å². The molecule has 0 radical (unpaired) electrons. The third kappa shape index (κ3) is 40.6. The van der Waals surface area contributed by atoms with E-state index in [-0.39, 0.29) is 6.61 Å². The number of allylic oxidation sites excluding steroid dienone is 5. The first-order chi connectivity index (χ1) is 27.1. The summed E-state index contributed by atoms with van der Waals surface area (Å²) in [5.74, 6) is -0.504. The Hall–Kier alpha value is -1.43. The van der Waals surface area contributed by atoms with E-state index in [2.05, 4.69) is 43.5 Å². The molecule has 0 bridgehead atoms. The first-order valence-corrected chi connectivity index (χ1v) is 24.3. The molecule has 0 aromatic heterocycles. The SMILES string of the molecule is CCCCCCCCCCC/C=C\C/C=C\CCCCCCCCCCCCCCCCC(O)C(=O)NC(CO)C(O)/C=C/CCCCCCCCCCC. The van der Waals surface area contributed by atoms with Crippen LogP contribution in [0.15, 0.2) is 36.5 Å². The Morgan fingerprint density at radius 3 is 1.15 bits per heavy atom. The molecular formula is C50H95NO4. The highest BCUT2D eigenvalue weighted by Crippen LogP contribution is 2.16. The molecule has 0 rings (SSSR count). The normalized spacial score (nSPS) is 13.8. The lowest BCUT2D eigenvalue weighted by Gasteiger charge is -2.21. The molecule has 4 N–H and O–H groups in total. The van der Waals surface area contributed by atoms with Crippen LogP contribution in [0, 0.1) is 0 Å². The van der Waals surface area contributed by atoms with Gasteiger partial charge in [-0.05, 0) is 51.4 Å². The van der Waals surface area contributed by atoms with Gasteiger partial charge in [-0.1, -0.05) is 237 Å². The summed E-state index contributed by atoms with van der Waals surface area (Å²) in [6.45, 7) is 4.17. The fraction of sp³-hybridized carbons (Fsp3) is 0.860. The van der Waals surface area contributed by atoms with E-state index in [1.807, 2.05) is 6.08 Å². The Bertz CT molecular complexity index is 855.